The zero-order chi connectivity index (χ0) is 17.5. The molecule has 0 saturated heterocycles. The molecule has 2 nitrogen and oxygen atoms in total. The third-order valence-corrected chi connectivity index (χ3v) is 4.55. The van der Waals surface area contributed by atoms with Gasteiger partial charge in [0.05, 0.1) is 0 Å². The second kappa shape index (κ2) is 8.11. The Hall–Kier alpha value is -2.42. The van der Waals surface area contributed by atoms with Crippen molar-refractivity contribution in [2.45, 2.75) is 18.9 Å². The number of ether oxygens (including phenoxy) is 1. The molecule has 0 unspecified atom stereocenters. The highest BCUT2D eigenvalue weighted by molar-refractivity contribution is 5.50. The molecule has 0 bridgehead atoms. The summed E-state index contributed by atoms with van der Waals surface area (Å²) >= 11 is 0. The smallest absolute Gasteiger partial charge is 0.143 e. The van der Waals surface area contributed by atoms with Crippen LogP contribution in [0, 0.1) is 6.92 Å². The van der Waals surface area contributed by atoms with Gasteiger partial charge in [-0.25, -0.2) is 0 Å². The third kappa shape index (κ3) is 3.51. The Morgan fingerprint density at radius 3 is 1.80 bits per heavy atom. The van der Waals surface area contributed by atoms with Crippen LogP contribution in [0.2, 0.25) is 0 Å². The SMILES string of the molecule is Cc1ccccc1C(OCCCN)(c1ccccc1)c1ccccc1. The van der Waals surface area contributed by atoms with E-state index in [0.717, 1.165) is 17.5 Å². The van der Waals surface area contributed by atoms with Gasteiger partial charge >= 0.3 is 0 Å². The summed E-state index contributed by atoms with van der Waals surface area (Å²) in [6.45, 7) is 3.37. The van der Waals surface area contributed by atoms with E-state index < -0.39 is 5.60 Å². The average molecular weight is 331 g/mol. The van der Waals surface area contributed by atoms with Crippen molar-refractivity contribution in [1.29, 1.82) is 0 Å². The largest absolute Gasteiger partial charge is 0.361 e. The Kier molecular flexibility index (Phi) is 5.64. The maximum atomic E-state index is 6.63. The van der Waals surface area contributed by atoms with Crippen molar-refractivity contribution in [3.8, 4) is 0 Å². The van der Waals surface area contributed by atoms with Crippen molar-refractivity contribution in [2.75, 3.05) is 13.2 Å². The Morgan fingerprint density at radius 2 is 1.28 bits per heavy atom. The van der Waals surface area contributed by atoms with Gasteiger partial charge in [-0.2, -0.15) is 0 Å². The zero-order valence-electron chi connectivity index (χ0n) is 14.7. The Labute approximate surface area is 150 Å². The molecule has 0 fully saturated rings. The summed E-state index contributed by atoms with van der Waals surface area (Å²) in [5, 5.41) is 0. The number of aryl methyl sites for hydroxylation is 1. The molecule has 0 atom stereocenters. The molecular formula is C23H25NO. The van der Waals surface area contributed by atoms with E-state index in [2.05, 4.69) is 79.7 Å². The number of hydrogen-bond donors (Lipinski definition) is 1. The molecule has 0 spiro atoms. The minimum absolute atomic E-state index is 0.606. The van der Waals surface area contributed by atoms with E-state index in [1.807, 2.05) is 12.1 Å². The van der Waals surface area contributed by atoms with Gasteiger partial charge in [-0.3, -0.25) is 0 Å². The summed E-state index contributed by atoms with van der Waals surface area (Å²) in [5.74, 6) is 0. The van der Waals surface area contributed by atoms with Crippen molar-refractivity contribution < 1.29 is 4.74 Å². The summed E-state index contributed by atoms with van der Waals surface area (Å²) in [5.41, 5.74) is 9.73. The molecule has 0 aromatic heterocycles. The van der Waals surface area contributed by atoms with Gasteiger partial charge in [0.1, 0.15) is 5.60 Å². The fraction of sp³-hybridized carbons (Fsp3) is 0.217. The van der Waals surface area contributed by atoms with Crippen LogP contribution in [0.3, 0.4) is 0 Å². The maximum absolute atomic E-state index is 6.63. The van der Waals surface area contributed by atoms with E-state index >= 15 is 0 Å². The molecule has 0 saturated carbocycles. The van der Waals surface area contributed by atoms with E-state index in [4.69, 9.17) is 10.5 Å². The molecule has 0 aliphatic carbocycles. The number of hydrogen-bond acceptors (Lipinski definition) is 2. The normalized spacial score (nSPS) is 11.4. The van der Waals surface area contributed by atoms with Gasteiger partial charge in [0.2, 0.25) is 0 Å². The number of benzene rings is 3. The van der Waals surface area contributed by atoms with E-state index in [-0.39, 0.29) is 0 Å². The predicted molar refractivity (Wildman–Crippen MR) is 104 cm³/mol. The third-order valence-electron chi connectivity index (χ3n) is 4.55. The van der Waals surface area contributed by atoms with Gasteiger partial charge in [-0.05, 0) is 42.1 Å². The van der Waals surface area contributed by atoms with Crippen molar-refractivity contribution in [3.05, 3.63) is 107 Å². The Bertz CT molecular complexity index is 744. The van der Waals surface area contributed by atoms with E-state index in [0.29, 0.717) is 13.2 Å². The van der Waals surface area contributed by atoms with E-state index in [1.165, 1.54) is 11.1 Å². The zero-order valence-corrected chi connectivity index (χ0v) is 14.7. The molecule has 0 radical (unpaired) electrons. The Morgan fingerprint density at radius 1 is 0.760 bits per heavy atom. The lowest BCUT2D eigenvalue weighted by Crippen LogP contribution is -2.34. The van der Waals surface area contributed by atoms with Crippen LogP contribution in [-0.2, 0) is 10.3 Å². The Balaban J connectivity index is 2.26. The lowest BCUT2D eigenvalue weighted by molar-refractivity contribution is 0.0120. The summed E-state index contributed by atoms with van der Waals surface area (Å²) in [7, 11) is 0. The first-order chi connectivity index (χ1) is 12.3. The monoisotopic (exact) mass is 331 g/mol. The van der Waals surface area contributed by atoms with Gasteiger partial charge in [0.15, 0.2) is 0 Å². The minimum atomic E-state index is -0.636. The summed E-state index contributed by atoms with van der Waals surface area (Å²) in [4.78, 5) is 0. The average Bonchev–Trinajstić information content (AvgIpc) is 2.68. The molecule has 2 heteroatoms. The molecule has 2 N–H and O–H groups in total. The molecule has 3 aromatic carbocycles. The molecule has 3 rings (SSSR count). The summed E-state index contributed by atoms with van der Waals surface area (Å²) in [6, 6.07) is 29.4. The highest BCUT2D eigenvalue weighted by atomic mass is 16.5. The van der Waals surface area contributed by atoms with Crippen LogP contribution in [0.15, 0.2) is 84.9 Å². The van der Waals surface area contributed by atoms with E-state index in [1.54, 1.807) is 0 Å². The van der Waals surface area contributed by atoms with Crippen LogP contribution in [0.4, 0.5) is 0 Å². The van der Waals surface area contributed by atoms with Gasteiger partial charge in [-0.15, -0.1) is 0 Å². The standard InChI is InChI=1S/C23H25NO/c1-19-11-8-9-16-22(19)23(25-18-10-17-24,20-12-4-2-5-13-20)21-14-6-3-7-15-21/h2-9,11-16H,10,17-18,24H2,1H3. The molecular weight excluding hydrogens is 306 g/mol. The molecule has 0 heterocycles. The highest BCUT2D eigenvalue weighted by Gasteiger charge is 2.38. The summed E-state index contributed by atoms with van der Waals surface area (Å²) < 4.78 is 6.63. The van der Waals surface area contributed by atoms with Crippen LogP contribution < -0.4 is 5.73 Å². The van der Waals surface area contributed by atoms with Crippen molar-refractivity contribution in [2.24, 2.45) is 5.73 Å². The maximum Gasteiger partial charge on any atom is 0.143 e. The van der Waals surface area contributed by atoms with Gasteiger partial charge in [0.25, 0.3) is 0 Å². The van der Waals surface area contributed by atoms with Crippen LogP contribution in [0.25, 0.3) is 0 Å². The van der Waals surface area contributed by atoms with Crippen molar-refractivity contribution in [3.63, 3.8) is 0 Å². The second-order valence-electron chi connectivity index (χ2n) is 6.22. The molecule has 0 aliphatic rings. The molecule has 3 aromatic rings. The van der Waals surface area contributed by atoms with E-state index in [9.17, 15) is 0 Å². The fourth-order valence-electron chi connectivity index (χ4n) is 3.34. The van der Waals surface area contributed by atoms with Crippen molar-refractivity contribution in [1.82, 2.24) is 0 Å². The lowest BCUT2D eigenvalue weighted by atomic mass is 9.78. The van der Waals surface area contributed by atoms with Gasteiger partial charge in [0, 0.05) is 6.61 Å². The fourth-order valence-corrected chi connectivity index (χ4v) is 3.34. The topological polar surface area (TPSA) is 35.2 Å². The molecule has 128 valence electrons. The molecule has 25 heavy (non-hydrogen) atoms. The summed E-state index contributed by atoms with van der Waals surface area (Å²) in [6.07, 6.45) is 0.827. The number of rotatable bonds is 7. The molecule has 0 aliphatic heterocycles. The first kappa shape index (κ1) is 17.4. The van der Waals surface area contributed by atoms with Crippen LogP contribution in [0.1, 0.15) is 28.7 Å². The lowest BCUT2D eigenvalue weighted by Gasteiger charge is -2.37. The van der Waals surface area contributed by atoms with Crippen molar-refractivity contribution >= 4 is 0 Å². The van der Waals surface area contributed by atoms with Crippen LogP contribution in [-0.4, -0.2) is 13.2 Å². The quantitative estimate of drug-likeness (QED) is 0.505. The minimum Gasteiger partial charge on any atom is -0.361 e. The first-order valence-electron chi connectivity index (χ1n) is 8.80. The van der Waals surface area contributed by atoms with Gasteiger partial charge in [-0.1, -0.05) is 84.9 Å². The highest BCUT2D eigenvalue weighted by Crippen LogP contribution is 2.41. The number of nitrogens with two attached hydrogens (primary N) is 1. The second-order valence-corrected chi connectivity index (χ2v) is 6.22. The van der Waals surface area contributed by atoms with Gasteiger partial charge < -0.3 is 10.5 Å². The molecule has 0 amide bonds. The van der Waals surface area contributed by atoms with Crippen LogP contribution >= 0.6 is 0 Å². The predicted octanol–water partition coefficient (Wildman–Crippen LogP) is 4.65. The van der Waals surface area contributed by atoms with Crippen LogP contribution in [0.5, 0.6) is 0 Å². The first-order valence-corrected chi connectivity index (χ1v) is 8.80.